The van der Waals surface area contributed by atoms with Crippen molar-refractivity contribution >= 4 is 33.9 Å². The fourth-order valence-corrected chi connectivity index (χ4v) is 5.30. The number of aryl methyl sites for hydroxylation is 2. The zero-order valence-electron chi connectivity index (χ0n) is 22.4. The Labute approximate surface area is 235 Å². The molecule has 0 spiro atoms. The van der Waals surface area contributed by atoms with Gasteiger partial charge in [-0.05, 0) is 61.4 Å². The molecule has 40 heavy (non-hydrogen) atoms. The fraction of sp³-hybridized carbons (Fsp3) is 0.200. The zero-order chi connectivity index (χ0) is 28.4. The van der Waals surface area contributed by atoms with E-state index in [9.17, 15) is 14.7 Å². The number of aliphatic hydroxyl groups excluding tert-OH is 1. The van der Waals surface area contributed by atoms with Crippen molar-refractivity contribution in [1.29, 1.82) is 0 Å². The number of Topliss-reactive ketones (excluding diaryl/α,β-unsaturated/α-hetero) is 1. The van der Waals surface area contributed by atoms with Gasteiger partial charge in [0.1, 0.15) is 23.1 Å². The van der Waals surface area contributed by atoms with Gasteiger partial charge in [0.15, 0.2) is 11.5 Å². The Kier molecular flexibility index (Phi) is 7.52. The minimum atomic E-state index is -0.968. The van der Waals surface area contributed by atoms with Crippen molar-refractivity contribution in [3.05, 3.63) is 99.6 Å². The second-order valence-corrected chi connectivity index (χ2v) is 10.3. The third-order valence-electron chi connectivity index (χ3n) is 6.50. The van der Waals surface area contributed by atoms with E-state index in [-0.39, 0.29) is 16.5 Å². The third kappa shape index (κ3) is 5.13. The van der Waals surface area contributed by atoms with Gasteiger partial charge in [-0.15, -0.1) is 10.2 Å². The average molecular weight is 558 g/mol. The van der Waals surface area contributed by atoms with Crippen molar-refractivity contribution < 1.29 is 28.9 Å². The second kappa shape index (κ2) is 11.2. The molecule has 1 fully saturated rings. The van der Waals surface area contributed by atoms with Crippen molar-refractivity contribution in [1.82, 2.24) is 10.2 Å². The minimum Gasteiger partial charge on any atom is -0.507 e. The summed E-state index contributed by atoms with van der Waals surface area (Å²) in [6.45, 7) is 4.16. The van der Waals surface area contributed by atoms with Crippen LogP contribution < -0.4 is 19.1 Å². The number of aliphatic hydroxyl groups is 1. The number of benzene rings is 3. The minimum absolute atomic E-state index is 0.0708. The number of methoxy groups -OCH3 is 2. The first-order chi connectivity index (χ1) is 19.3. The van der Waals surface area contributed by atoms with Crippen LogP contribution in [0.5, 0.6) is 17.2 Å². The summed E-state index contributed by atoms with van der Waals surface area (Å²) in [5, 5.41) is 20.4. The molecule has 2 heterocycles. The van der Waals surface area contributed by atoms with Gasteiger partial charge in [0.2, 0.25) is 5.13 Å². The first-order valence-electron chi connectivity index (χ1n) is 12.4. The van der Waals surface area contributed by atoms with Crippen molar-refractivity contribution in [3.63, 3.8) is 0 Å². The predicted molar refractivity (Wildman–Crippen MR) is 151 cm³/mol. The lowest BCUT2D eigenvalue weighted by Crippen LogP contribution is -2.29. The summed E-state index contributed by atoms with van der Waals surface area (Å²) in [6.07, 6.45) is 0. The summed E-state index contributed by atoms with van der Waals surface area (Å²) < 4.78 is 16.7. The van der Waals surface area contributed by atoms with Gasteiger partial charge in [0.25, 0.3) is 5.78 Å². The van der Waals surface area contributed by atoms with Gasteiger partial charge in [-0.25, -0.2) is 0 Å². The van der Waals surface area contributed by atoms with Crippen LogP contribution in [0.3, 0.4) is 0 Å². The number of nitrogens with zero attached hydrogens (tertiary/aromatic N) is 3. The lowest BCUT2D eigenvalue weighted by atomic mass is 9.95. The molecule has 1 saturated heterocycles. The van der Waals surface area contributed by atoms with Crippen LogP contribution in [-0.2, 0) is 16.2 Å². The molecule has 9 nitrogen and oxygen atoms in total. The van der Waals surface area contributed by atoms with Crippen LogP contribution in [-0.4, -0.2) is 41.2 Å². The highest BCUT2D eigenvalue weighted by molar-refractivity contribution is 7.15. The maximum atomic E-state index is 13.4. The van der Waals surface area contributed by atoms with Crippen molar-refractivity contribution in [2.45, 2.75) is 26.5 Å². The van der Waals surface area contributed by atoms with E-state index < -0.39 is 17.7 Å². The molecule has 1 atom stereocenters. The Morgan fingerprint density at radius 2 is 1.70 bits per heavy atom. The molecule has 0 saturated carbocycles. The highest BCUT2D eigenvalue weighted by Crippen LogP contribution is 2.44. The van der Waals surface area contributed by atoms with Gasteiger partial charge in [-0.1, -0.05) is 47.2 Å². The molecule has 1 aliphatic heterocycles. The molecule has 1 aliphatic rings. The van der Waals surface area contributed by atoms with Crippen LogP contribution in [0.4, 0.5) is 5.13 Å². The van der Waals surface area contributed by atoms with E-state index in [0.717, 1.165) is 11.1 Å². The summed E-state index contributed by atoms with van der Waals surface area (Å²) >= 11 is 1.18. The Bertz CT molecular complexity index is 1610. The van der Waals surface area contributed by atoms with E-state index >= 15 is 0 Å². The smallest absolute Gasteiger partial charge is 0.301 e. The van der Waals surface area contributed by atoms with Crippen molar-refractivity contribution in [3.8, 4) is 17.2 Å². The van der Waals surface area contributed by atoms with E-state index in [1.54, 1.807) is 49.4 Å². The second-order valence-electron chi connectivity index (χ2n) is 9.19. The number of hydrogen-bond donors (Lipinski definition) is 1. The van der Waals surface area contributed by atoms with Crippen LogP contribution >= 0.6 is 11.3 Å². The Morgan fingerprint density at radius 3 is 2.35 bits per heavy atom. The van der Waals surface area contributed by atoms with E-state index in [2.05, 4.69) is 10.2 Å². The number of carbonyl (C=O) groups excluding carboxylic acids is 2. The lowest BCUT2D eigenvalue weighted by Gasteiger charge is -2.23. The topological polar surface area (TPSA) is 111 Å². The van der Waals surface area contributed by atoms with Gasteiger partial charge in [0.05, 0.1) is 25.8 Å². The van der Waals surface area contributed by atoms with Crippen LogP contribution in [0.2, 0.25) is 0 Å². The van der Waals surface area contributed by atoms with Crippen molar-refractivity contribution in [2.24, 2.45) is 0 Å². The standard InChI is InChI=1S/C30H27N3O6S/c1-17-6-5-7-19(14-17)16-39-22-11-8-20(9-12-22)27(34)25-26(21-10-13-23(37-3)24(15-21)38-4)33(29(36)28(25)35)30-32-31-18(2)40-30/h5-15,26,34H,16H2,1-4H3/b27-25-. The molecule has 5 rings (SSSR count). The first-order valence-corrected chi connectivity index (χ1v) is 13.2. The highest BCUT2D eigenvalue weighted by Gasteiger charge is 2.48. The van der Waals surface area contributed by atoms with Crippen molar-refractivity contribution in [2.75, 3.05) is 19.1 Å². The van der Waals surface area contributed by atoms with E-state index in [4.69, 9.17) is 14.2 Å². The summed E-state index contributed by atoms with van der Waals surface area (Å²) in [5.74, 6) is -0.461. The summed E-state index contributed by atoms with van der Waals surface area (Å²) in [6, 6.07) is 18.8. The highest BCUT2D eigenvalue weighted by atomic mass is 32.1. The van der Waals surface area contributed by atoms with E-state index in [1.807, 2.05) is 31.2 Å². The number of carbonyl (C=O) groups is 2. The normalized spacial score (nSPS) is 16.3. The zero-order valence-corrected chi connectivity index (χ0v) is 23.2. The van der Waals surface area contributed by atoms with Crippen LogP contribution in [0.1, 0.15) is 33.3 Å². The molecule has 0 radical (unpaired) electrons. The number of hydrogen-bond acceptors (Lipinski definition) is 9. The Morgan fingerprint density at radius 1 is 0.950 bits per heavy atom. The van der Waals surface area contributed by atoms with Gasteiger partial charge >= 0.3 is 5.91 Å². The molecular weight excluding hydrogens is 530 g/mol. The van der Waals surface area contributed by atoms with Crippen LogP contribution in [0.25, 0.3) is 5.76 Å². The molecule has 1 unspecified atom stereocenters. The monoisotopic (exact) mass is 557 g/mol. The Hall–Kier alpha value is -4.70. The first kappa shape index (κ1) is 26.9. The summed E-state index contributed by atoms with van der Waals surface area (Å²) in [7, 11) is 3.01. The quantitative estimate of drug-likeness (QED) is 0.175. The number of anilines is 1. The number of ketones is 1. The fourth-order valence-electron chi connectivity index (χ4n) is 4.58. The maximum Gasteiger partial charge on any atom is 0.301 e. The summed E-state index contributed by atoms with van der Waals surface area (Å²) in [5.41, 5.74) is 3.00. The average Bonchev–Trinajstić information content (AvgIpc) is 3.51. The molecule has 4 aromatic rings. The molecular formula is C30H27N3O6S. The third-order valence-corrected chi connectivity index (χ3v) is 7.34. The van der Waals surface area contributed by atoms with E-state index in [0.29, 0.717) is 40.0 Å². The maximum absolute atomic E-state index is 13.4. The summed E-state index contributed by atoms with van der Waals surface area (Å²) in [4.78, 5) is 28.0. The lowest BCUT2D eigenvalue weighted by molar-refractivity contribution is -0.132. The van der Waals surface area contributed by atoms with Gasteiger partial charge in [-0.3, -0.25) is 14.5 Å². The Balaban J connectivity index is 1.53. The van der Waals surface area contributed by atoms with E-state index in [1.165, 1.54) is 30.5 Å². The molecule has 3 aromatic carbocycles. The SMILES string of the molecule is COc1ccc(C2/C(=C(/O)c3ccc(OCc4cccc(C)c4)cc3)C(=O)C(=O)N2c2nnc(C)s2)cc1OC. The molecule has 204 valence electrons. The molecule has 1 aromatic heterocycles. The van der Waals surface area contributed by atoms with Crippen LogP contribution in [0.15, 0.2) is 72.3 Å². The van der Waals surface area contributed by atoms with Gasteiger partial charge < -0.3 is 19.3 Å². The number of ether oxygens (including phenoxy) is 3. The molecule has 0 bridgehead atoms. The predicted octanol–water partition coefficient (Wildman–Crippen LogP) is 5.38. The molecule has 0 aliphatic carbocycles. The number of rotatable bonds is 8. The largest absolute Gasteiger partial charge is 0.507 e. The number of aromatic nitrogens is 2. The number of amides is 1. The molecule has 1 amide bonds. The molecule has 1 N–H and O–H groups in total. The van der Waals surface area contributed by atoms with Crippen LogP contribution in [0, 0.1) is 13.8 Å². The van der Waals surface area contributed by atoms with Gasteiger partial charge in [0, 0.05) is 5.56 Å². The molecule has 10 heteroatoms. The van der Waals surface area contributed by atoms with Gasteiger partial charge in [-0.2, -0.15) is 0 Å².